The predicted molar refractivity (Wildman–Crippen MR) is 40.8 cm³/mol. The Morgan fingerprint density at radius 3 is 2.86 bits per heavy atom. The lowest BCUT2D eigenvalue weighted by Gasteiger charge is -1.88. The molecular weight excluding hydrogens is 124 g/mol. The molecule has 2 heteroatoms. The molecule has 0 N–H and O–H groups in total. The molecule has 0 saturated heterocycles. The average Bonchev–Trinajstić information content (AvgIpc) is 1.69. The van der Waals surface area contributed by atoms with Crippen molar-refractivity contribution in [2.45, 2.75) is 6.92 Å². The van der Waals surface area contributed by atoms with Crippen LogP contribution in [0.3, 0.4) is 0 Å². The normalized spacial score (nSPS) is 8.71. The Morgan fingerprint density at radius 2 is 2.43 bits per heavy atom. The van der Waals surface area contributed by atoms with Crippen LogP contribution in [0, 0.1) is 0 Å². The Balaban J connectivity index is 2.56. The van der Waals surface area contributed by atoms with Gasteiger partial charge in [0.15, 0.2) is 0 Å². The quantitative estimate of drug-likeness (QED) is 0.428. The summed E-state index contributed by atoms with van der Waals surface area (Å²) in [6.07, 6.45) is 0. The lowest BCUT2D eigenvalue weighted by molar-refractivity contribution is 1.53. The third-order valence-electron chi connectivity index (χ3n) is 0.473. The minimum atomic E-state index is 1.15. The zero-order valence-corrected chi connectivity index (χ0v) is 6.15. The molecule has 0 nitrogen and oxygen atoms in total. The molecule has 0 aliphatic carbocycles. The minimum absolute atomic E-state index is 1.15. The zero-order valence-electron chi connectivity index (χ0n) is 4.52. The van der Waals surface area contributed by atoms with Gasteiger partial charge in [-0.2, -0.15) is 11.8 Å². The van der Waals surface area contributed by atoms with Crippen LogP contribution in [0.1, 0.15) is 6.92 Å². The van der Waals surface area contributed by atoms with Gasteiger partial charge in [-0.15, -0.1) is 11.8 Å². The van der Waals surface area contributed by atoms with Crippen molar-refractivity contribution in [2.75, 3.05) is 10.8 Å². The average molecular weight is 134 g/mol. The summed E-state index contributed by atoms with van der Waals surface area (Å²) < 4.78 is 0. The van der Waals surface area contributed by atoms with Gasteiger partial charge in [0, 0.05) is 5.08 Å². The molecule has 0 unspecified atom stereocenters. The van der Waals surface area contributed by atoms with Crippen molar-refractivity contribution in [1.29, 1.82) is 0 Å². The maximum Gasteiger partial charge on any atom is 0.0433 e. The van der Waals surface area contributed by atoms with Crippen molar-refractivity contribution >= 4 is 23.5 Å². The molecule has 0 aromatic heterocycles. The molecule has 0 bridgehead atoms. The second-order valence-corrected chi connectivity index (χ2v) is 3.54. The predicted octanol–water partition coefficient (Wildman–Crippen LogP) is 2.57. The van der Waals surface area contributed by atoms with Gasteiger partial charge in [0.05, 0.1) is 0 Å². The molecule has 0 heterocycles. The van der Waals surface area contributed by atoms with E-state index in [-0.39, 0.29) is 0 Å². The Hall–Kier alpha value is 0.440. The first kappa shape index (κ1) is 7.44. The largest absolute Gasteiger partial charge is 0.151 e. The molecule has 0 amide bonds. The van der Waals surface area contributed by atoms with Crippen LogP contribution in [0.5, 0.6) is 0 Å². The molecule has 0 fully saturated rings. The lowest BCUT2D eigenvalue weighted by Crippen LogP contribution is -1.65. The Bertz CT molecular complexity index is 43.3. The van der Waals surface area contributed by atoms with E-state index in [1.807, 2.05) is 17.2 Å². The smallest absolute Gasteiger partial charge is 0.0433 e. The number of rotatable bonds is 4. The van der Waals surface area contributed by atoms with Gasteiger partial charge in [0.25, 0.3) is 0 Å². The van der Waals surface area contributed by atoms with Crippen LogP contribution in [0.4, 0.5) is 0 Å². The first-order valence-electron chi connectivity index (χ1n) is 2.22. The summed E-state index contributed by atoms with van der Waals surface area (Å²) in [6, 6.07) is 0. The van der Waals surface area contributed by atoms with E-state index >= 15 is 0 Å². The monoisotopic (exact) mass is 134 g/mol. The van der Waals surface area contributed by atoms with Crippen molar-refractivity contribution in [2.24, 2.45) is 0 Å². The van der Waals surface area contributed by atoms with E-state index < -0.39 is 0 Å². The van der Waals surface area contributed by atoms with Crippen molar-refractivity contribution in [3.8, 4) is 0 Å². The molecule has 7 heavy (non-hydrogen) atoms. The summed E-state index contributed by atoms with van der Waals surface area (Å²) in [5.41, 5.74) is 0. The van der Waals surface area contributed by atoms with Crippen molar-refractivity contribution in [1.82, 2.24) is 0 Å². The van der Waals surface area contributed by atoms with Gasteiger partial charge in [-0.05, 0) is 11.2 Å². The third-order valence-corrected chi connectivity index (χ3v) is 2.33. The van der Waals surface area contributed by atoms with Crippen molar-refractivity contribution in [3.05, 3.63) is 12.0 Å². The molecule has 0 saturated carbocycles. The number of hydrogen-bond acceptors (Lipinski definition) is 2. The van der Waals surface area contributed by atoms with Crippen LogP contribution in [-0.2, 0) is 0 Å². The second kappa shape index (κ2) is 6.44. The van der Waals surface area contributed by atoms with Crippen LogP contribution in [0.25, 0.3) is 0 Å². The topological polar surface area (TPSA) is 0 Å². The van der Waals surface area contributed by atoms with Gasteiger partial charge in [0.2, 0.25) is 0 Å². The summed E-state index contributed by atoms with van der Waals surface area (Å²) in [5.74, 6) is 1.21. The van der Waals surface area contributed by atoms with E-state index in [9.17, 15) is 0 Å². The number of hydrogen-bond donors (Lipinski definition) is 0. The van der Waals surface area contributed by atoms with Crippen LogP contribution >= 0.6 is 23.5 Å². The molecule has 0 atom stereocenters. The fourth-order valence-electron chi connectivity index (χ4n) is 0.180. The van der Waals surface area contributed by atoms with E-state index in [0.717, 1.165) is 5.08 Å². The van der Waals surface area contributed by atoms with Gasteiger partial charge in [-0.25, -0.2) is 0 Å². The highest BCUT2D eigenvalue weighted by molar-refractivity contribution is 8.17. The first-order valence-corrected chi connectivity index (χ1v) is 4.42. The third kappa shape index (κ3) is 6.44. The summed E-state index contributed by atoms with van der Waals surface area (Å²) in [6.45, 7) is 5.74. The fourth-order valence-corrected chi connectivity index (χ4v) is 1.62. The highest BCUT2D eigenvalue weighted by Gasteiger charge is 1.77. The molecule has 0 radical (unpaired) electrons. The van der Waals surface area contributed by atoms with E-state index in [2.05, 4.69) is 13.5 Å². The summed E-state index contributed by atoms with van der Waals surface area (Å²) in [5, 5.41) is 3.03. The summed E-state index contributed by atoms with van der Waals surface area (Å²) in [7, 11) is 0. The molecule has 42 valence electrons. The second-order valence-electron chi connectivity index (χ2n) is 0.944. The Morgan fingerprint density at radius 1 is 1.71 bits per heavy atom. The highest BCUT2D eigenvalue weighted by atomic mass is 32.2. The fraction of sp³-hybridized carbons (Fsp3) is 0.600. The maximum absolute atomic E-state index is 3.58. The zero-order chi connectivity index (χ0) is 5.54. The van der Waals surface area contributed by atoms with Gasteiger partial charge >= 0.3 is 0 Å². The van der Waals surface area contributed by atoms with Gasteiger partial charge in [-0.3, -0.25) is 0 Å². The lowest BCUT2D eigenvalue weighted by atomic mass is 11.0. The van der Waals surface area contributed by atoms with E-state index in [1.165, 1.54) is 5.75 Å². The van der Waals surface area contributed by atoms with Crippen LogP contribution < -0.4 is 0 Å². The Labute approximate surface area is 53.8 Å². The number of thioether (sulfide) groups is 2. The SMILES string of the molecule is C=CSCSCC. The molecule has 0 aromatic carbocycles. The van der Waals surface area contributed by atoms with Crippen LogP contribution in [0.15, 0.2) is 12.0 Å². The first-order chi connectivity index (χ1) is 3.41. The minimum Gasteiger partial charge on any atom is -0.151 e. The van der Waals surface area contributed by atoms with Gasteiger partial charge < -0.3 is 0 Å². The standard InChI is InChI=1S/C5H10S2/c1-3-6-5-7-4-2/h3H,1,4-5H2,2H3. The van der Waals surface area contributed by atoms with E-state index in [4.69, 9.17) is 0 Å². The van der Waals surface area contributed by atoms with Crippen molar-refractivity contribution in [3.63, 3.8) is 0 Å². The van der Waals surface area contributed by atoms with E-state index in [0.29, 0.717) is 0 Å². The molecule has 0 spiro atoms. The van der Waals surface area contributed by atoms with E-state index in [1.54, 1.807) is 11.8 Å². The molecule has 0 rings (SSSR count). The molecule has 0 aliphatic rings. The van der Waals surface area contributed by atoms with Crippen LogP contribution in [-0.4, -0.2) is 10.8 Å². The maximum atomic E-state index is 3.58. The van der Waals surface area contributed by atoms with Gasteiger partial charge in [0.1, 0.15) is 0 Å². The highest BCUT2D eigenvalue weighted by Crippen LogP contribution is 2.10. The summed E-state index contributed by atoms with van der Waals surface area (Å²) >= 11 is 3.68. The molecular formula is C5H10S2. The molecule has 0 aromatic rings. The Kier molecular flexibility index (Phi) is 6.84. The molecule has 0 aliphatic heterocycles. The van der Waals surface area contributed by atoms with Crippen molar-refractivity contribution < 1.29 is 0 Å². The van der Waals surface area contributed by atoms with Gasteiger partial charge in [-0.1, -0.05) is 13.5 Å². The summed E-state index contributed by atoms with van der Waals surface area (Å²) in [4.78, 5) is 0. The van der Waals surface area contributed by atoms with Crippen LogP contribution in [0.2, 0.25) is 0 Å².